The van der Waals surface area contributed by atoms with Crippen LogP contribution in [0.3, 0.4) is 0 Å². The van der Waals surface area contributed by atoms with Gasteiger partial charge in [-0.15, -0.1) is 0 Å². The molecule has 3 aliphatic rings. The summed E-state index contributed by atoms with van der Waals surface area (Å²) in [5, 5.41) is 0. The third kappa shape index (κ3) is 3.85. The first-order valence-electron chi connectivity index (χ1n) is 13.4. The molecule has 2 atom stereocenters. The van der Waals surface area contributed by atoms with E-state index >= 15 is 0 Å². The molecule has 0 N–H and O–H groups in total. The van der Waals surface area contributed by atoms with Gasteiger partial charge in [-0.25, -0.2) is 0 Å². The molecule has 5 heteroatoms. The number of nitrogens with zero attached hydrogens (tertiary/aromatic N) is 2. The first kappa shape index (κ1) is 25.9. The van der Waals surface area contributed by atoms with Gasteiger partial charge in [0, 0.05) is 0 Å². The van der Waals surface area contributed by atoms with Gasteiger partial charge < -0.3 is 0 Å². The molecular formula is C34H31BrN2SZr. The van der Waals surface area contributed by atoms with E-state index in [1.54, 1.807) is 0 Å². The van der Waals surface area contributed by atoms with Crippen molar-refractivity contribution in [2.75, 3.05) is 28.2 Å². The third-order valence-corrected chi connectivity index (χ3v) is 24.8. The molecule has 0 saturated carbocycles. The Morgan fingerprint density at radius 3 is 2.15 bits per heavy atom. The van der Waals surface area contributed by atoms with Gasteiger partial charge in [0.1, 0.15) is 0 Å². The Balaban J connectivity index is 1.56. The first-order chi connectivity index (χ1) is 18.9. The minimum absolute atomic E-state index is 0.303. The molecule has 2 nitrogen and oxygen atoms in total. The van der Waals surface area contributed by atoms with Crippen LogP contribution >= 0.6 is 27.7 Å². The maximum absolute atomic E-state index is 4.04. The van der Waals surface area contributed by atoms with Crippen molar-refractivity contribution in [2.24, 2.45) is 0 Å². The molecular weight excluding hydrogens is 640 g/mol. The molecule has 39 heavy (non-hydrogen) atoms. The second-order valence-electron chi connectivity index (χ2n) is 11.1. The maximum atomic E-state index is 4.04. The Morgan fingerprint density at radius 1 is 0.692 bits per heavy atom. The molecule has 0 spiro atoms. The number of benzene rings is 4. The molecule has 0 saturated heterocycles. The molecule has 0 radical (unpaired) electrons. The van der Waals surface area contributed by atoms with E-state index in [2.05, 4.69) is 153 Å². The quantitative estimate of drug-likeness (QED) is 0.210. The predicted molar refractivity (Wildman–Crippen MR) is 166 cm³/mol. The molecule has 4 bridgehead atoms. The van der Waals surface area contributed by atoms with Gasteiger partial charge in [-0.05, 0) is 0 Å². The van der Waals surface area contributed by atoms with Crippen molar-refractivity contribution in [3.8, 4) is 0 Å². The van der Waals surface area contributed by atoms with Gasteiger partial charge in [-0.2, -0.15) is 0 Å². The zero-order valence-electron chi connectivity index (χ0n) is 22.7. The second kappa shape index (κ2) is 9.82. The van der Waals surface area contributed by atoms with Crippen LogP contribution in [-0.4, -0.2) is 33.9 Å². The number of allylic oxidation sites excluding steroid dienone is 2. The SMILES string of the molecule is C[N](C)[Zr]([CH]1C2=Cc3c(cccc31)Sc1cccc2c1)([CH]1C(c2ccccc2)=Cc2cccc(Br)c21)[N](C)C. The summed E-state index contributed by atoms with van der Waals surface area (Å²) in [7, 11) is 9.44. The number of fused-ring (bicyclic) bond motifs is 4. The normalized spacial score (nSPS) is 19.1. The van der Waals surface area contributed by atoms with E-state index < -0.39 is 20.8 Å². The van der Waals surface area contributed by atoms with Gasteiger partial charge >= 0.3 is 252 Å². The van der Waals surface area contributed by atoms with E-state index in [9.17, 15) is 0 Å². The number of hydrogen-bond donors (Lipinski definition) is 0. The molecule has 7 rings (SSSR count). The fraction of sp³-hybridized carbons (Fsp3) is 0.176. The number of halogens is 1. The molecule has 4 aromatic carbocycles. The van der Waals surface area contributed by atoms with E-state index in [-0.39, 0.29) is 0 Å². The minimum atomic E-state index is -3.75. The Labute approximate surface area is 249 Å². The van der Waals surface area contributed by atoms with E-state index in [0.717, 1.165) is 0 Å². The summed E-state index contributed by atoms with van der Waals surface area (Å²) in [6.07, 6.45) is 5.00. The van der Waals surface area contributed by atoms with Crippen LogP contribution in [0, 0.1) is 0 Å². The van der Waals surface area contributed by atoms with Gasteiger partial charge in [0.05, 0.1) is 0 Å². The second-order valence-corrected chi connectivity index (χ2v) is 24.2. The Bertz CT molecular complexity index is 1670. The zero-order chi connectivity index (χ0) is 26.9. The zero-order valence-corrected chi connectivity index (χ0v) is 27.5. The van der Waals surface area contributed by atoms with Crippen LogP contribution in [0.2, 0.25) is 0 Å². The van der Waals surface area contributed by atoms with Crippen molar-refractivity contribution in [3.63, 3.8) is 0 Å². The average Bonchev–Trinajstić information content (AvgIpc) is 3.51. The predicted octanol–water partition coefficient (Wildman–Crippen LogP) is 8.91. The summed E-state index contributed by atoms with van der Waals surface area (Å²) in [6, 6.07) is 34.0. The molecule has 2 aliphatic carbocycles. The van der Waals surface area contributed by atoms with E-state index in [0.29, 0.717) is 7.25 Å². The van der Waals surface area contributed by atoms with Crippen molar-refractivity contribution in [1.29, 1.82) is 0 Å². The van der Waals surface area contributed by atoms with E-state index in [4.69, 9.17) is 0 Å². The van der Waals surface area contributed by atoms with Crippen molar-refractivity contribution in [1.82, 2.24) is 5.69 Å². The Morgan fingerprint density at radius 2 is 1.38 bits per heavy atom. The molecule has 1 aliphatic heterocycles. The third-order valence-electron chi connectivity index (χ3n) is 8.80. The number of hydrogen-bond acceptors (Lipinski definition) is 3. The number of rotatable bonds is 5. The molecule has 0 aromatic heterocycles. The molecule has 4 aromatic rings. The summed E-state index contributed by atoms with van der Waals surface area (Å²) >= 11 is 2.20. The summed E-state index contributed by atoms with van der Waals surface area (Å²) in [5.41, 5.74) is 11.4. The molecule has 0 fully saturated rings. The Hall–Kier alpha value is -2.01. The van der Waals surface area contributed by atoms with Gasteiger partial charge in [0.25, 0.3) is 0 Å². The topological polar surface area (TPSA) is 6.48 Å². The monoisotopic (exact) mass is 668 g/mol. The van der Waals surface area contributed by atoms with E-state index in [1.165, 1.54) is 58.8 Å². The van der Waals surface area contributed by atoms with Crippen LogP contribution in [0.4, 0.5) is 0 Å². The van der Waals surface area contributed by atoms with Crippen LogP contribution in [0.15, 0.2) is 105 Å². The van der Waals surface area contributed by atoms with Crippen molar-refractivity contribution in [2.45, 2.75) is 17.0 Å². The molecule has 1 heterocycles. The van der Waals surface area contributed by atoms with Crippen LogP contribution in [-0.2, 0) is 20.8 Å². The fourth-order valence-electron chi connectivity index (χ4n) is 7.35. The van der Waals surface area contributed by atoms with E-state index in [1.807, 2.05) is 11.8 Å². The summed E-state index contributed by atoms with van der Waals surface area (Å²) < 4.78 is 7.25. The van der Waals surface area contributed by atoms with Crippen LogP contribution in [0.5, 0.6) is 0 Å². The van der Waals surface area contributed by atoms with Gasteiger partial charge in [0.2, 0.25) is 0 Å². The average molecular weight is 671 g/mol. The van der Waals surface area contributed by atoms with Gasteiger partial charge in [-0.1, -0.05) is 0 Å². The van der Waals surface area contributed by atoms with Crippen LogP contribution < -0.4 is 0 Å². The molecule has 2 unspecified atom stereocenters. The van der Waals surface area contributed by atoms with Gasteiger partial charge in [0.15, 0.2) is 0 Å². The van der Waals surface area contributed by atoms with Crippen molar-refractivity contribution >= 4 is 51.0 Å². The fourth-order valence-corrected chi connectivity index (χ4v) is 24.4. The summed E-state index contributed by atoms with van der Waals surface area (Å²) in [6.45, 7) is 0. The first-order valence-corrected chi connectivity index (χ1v) is 20.1. The molecule has 0 amide bonds. The summed E-state index contributed by atoms with van der Waals surface area (Å²) in [4.78, 5) is 2.69. The summed E-state index contributed by atoms with van der Waals surface area (Å²) in [5.74, 6) is 0. The van der Waals surface area contributed by atoms with Crippen LogP contribution in [0.25, 0.3) is 23.3 Å². The van der Waals surface area contributed by atoms with Crippen LogP contribution in [0.1, 0.15) is 40.6 Å². The van der Waals surface area contributed by atoms with Crippen molar-refractivity contribution < 1.29 is 20.8 Å². The molecule has 194 valence electrons. The Kier molecular flexibility index (Phi) is 6.53. The van der Waals surface area contributed by atoms with Crippen molar-refractivity contribution in [3.05, 3.63) is 129 Å². The van der Waals surface area contributed by atoms with Gasteiger partial charge in [-0.3, -0.25) is 0 Å². The standard InChI is InChI=1S/C15H10Br.C15H9S.2C2H6N.Zr/c16-15-8-4-7-12-9-13(10-14(12)15)11-5-2-1-3-6-11;1-3-10-8-13(5-1)16-15-6-2-4-11-7-12(10)9-14(11)15;2*1-3-2;/h1-10H;1-9H;2*1-2H3;/q;;2*-1;+2.